The number of benzene rings is 1. The van der Waals surface area contributed by atoms with Gasteiger partial charge in [-0.05, 0) is 59.5 Å². The summed E-state index contributed by atoms with van der Waals surface area (Å²) < 4.78 is 1.65. The second kappa shape index (κ2) is 6.43. The minimum Gasteiger partial charge on any atom is -0.480 e. The zero-order valence-electron chi connectivity index (χ0n) is 11.0. The maximum absolute atomic E-state index is 12.7. The van der Waals surface area contributed by atoms with E-state index in [0.717, 1.165) is 20.9 Å². The van der Waals surface area contributed by atoms with Crippen LogP contribution in [0.1, 0.15) is 30.1 Å². The van der Waals surface area contributed by atoms with E-state index in [1.54, 1.807) is 6.07 Å². The lowest BCUT2D eigenvalue weighted by Gasteiger charge is -2.37. The fourth-order valence-electron chi connectivity index (χ4n) is 2.61. The topological polar surface area (TPSA) is 57.6 Å². The summed E-state index contributed by atoms with van der Waals surface area (Å²) in [6, 6.07) is 4.74. The zero-order valence-corrected chi connectivity index (χ0v) is 14.7. The molecule has 1 fully saturated rings. The SMILES string of the molecule is CC1CCCN(C(=O)c2cc(Br)ccc2I)C1C(=O)O. The third-order valence-electron chi connectivity index (χ3n) is 3.61. The second-order valence-electron chi connectivity index (χ2n) is 5.03. The molecule has 0 aliphatic carbocycles. The summed E-state index contributed by atoms with van der Waals surface area (Å²) in [7, 11) is 0. The molecule has 1 amide bonds. The average Bonchev–Trinajstić information content (AvgIpc) is 2.40. The Balaban J connectivity index is 2.35. The molecule has 1 N–H and O–H groups in total. The molecule has 20 heavy (non-hydrogen) atoms. The number of carbonyl (C=O) groups excluding carboxylic acids is 1. The fourth-order valence-corrected chi connectivity index (χ4v) is 3.54. The van der Waals surface area contributed by atoms with Crippen LogP contribution in [0.5, 0.6) is 0 Å². The largest absolute Gasteiger partial charge is 0.480 e. The van der Waals surface area contributed by atoms with Crippen LogP contribution in [0.2, 0.25) is 0 Å². The first-order valence-electron chi connectivity index (χ1n) is 6.40. The highest BCUT2D eigenvalue weighted by Crippen LogP contribution is 2.27. The summed E-state index contributed by atoms with van der Waals surface area (Å²) in [6.45, 7) is 2.40. The standard InChI is InChI=1S/C14H15BrINO3/c1-8-3-2-6-17(12(8)14(19)20)13(18)10-7-9(15)4-5-11(10)16/h4-5,7-8,12H,2-3,6H2,1H3,(H,19,20). The predicted molar refractivity (Wildman–Crippen MR) is 87.7 cm³/mol. The van der Waals surface area contributed by atoms with Crippen molar-refractivity contribution in [2.45, 2.75) is 25.8 Å². The van der Waals surface area contributed by atoms with E-state index in [1.807, 2.05) is 19.1 Å². The number of nitrogens with zero attached hydrogens (tertiary/aromatic N) is 1. The Bertz CT molecular complexity index is 549. The molecule has 0 bridgehead atoms. The van der Waals surface area contributed by atoms with Crippen LogP contribution in [0.4, 0.5) is 0 Å². The molecule has 0 radical (unpaired) electrons. The van der Waals surface area contributed by atoms with Gasteiger partial charge in [-0.2, -0.15) is 0 Å². The maximum Gasteiger partial charge on any atom is 0.326 e. The van der Waals surface area contributed by atoms with Crippen LogP contribution in [0.3, 0.4) is 0 Å². The number of carboxylic acid groups (broad SMARTS) is 1. The molecule has 6 heteroatoms. The van der Waals surface area contributed by atoms with Crippen LogP contribution in [0.25, 0.3) is 0 Å². The Labute approximate surface area is 139 Å². The molecule has 0 spiro atoms. The first-order valence-corrected chi connectivity index (χ1v) is 8.28. The Kier molecular flexibility index (Phi) is 5.06. The van der Waals surface area contributed by atoms with Crippen molar-refractivity contribution in [2.24, 2.45) is 5.92 Å². The molecule has 1 heterocycles. The molecule has 2 unspecified atom stereocenters. The smallest absolute Gasteiger partial charge is 0.326 e. The monoisotopic (exact) mass is 451 g/mol. The highest BCUT2D eigenvalue weighted by Gasteiger charge is 2.37. The summed E-state index contributed by atoms with van der Waals surface area (Å²) in [5, 5.41) is 9.39. The number of hydrogen-bond donors (Lipinski definition) is 1. The van der Waals surface area contributed by atoms with E-state index in [2.05, 4.69) is 38.5 Å². The first kappa shape index (κ1) is 15.8. The summed E-state index contributed by atoms with van der Waals surface area (Å²) in [5.74, 6) is -1.14. The van der Waals surface area contributed by atoms with Crippen molar-refractivity contribution >= 4 is 50.4 Å². The number of amides is 1. The quantitative estimate of drug-likeness (QED) is 0.701. The molecule has 1 aromatic rings. The lowest BCUT2D eigenvalue weighted by Crippen LogP contribution is -2.52. The van der Waals surface area contributed by atoms with Gasteiger partial charge in [0.1, 0.15) is 6.04 Å². The van der Waals surface area contributed by atoms with Crippen LogP contribution in [0, 0.1) is 9.49 Å². The molecule has 2 atom stereocenters. The molecular formula is C14H15BrINO3. The van der Waals surface area contributed by atoms with E-state index in [-0.39, 0.29) is 11.8 Å². The van der Waals surface area contributed by atoms with Crippen LogP contribution in [-0.2, 0) is 4.79 Å². The van der Waals surface area contributed by atoms with E-state index >= 15 is 0 Å². The zero-order chi connectivity index (χ0) is 14.9. The lowest BCUT2D eigenvalue weighted by molar-refractivity contribution is -0.145. The van der Waals surface area contributed by atoms with E-state index < -0.39 is 12.0 Å². The first-order chi connectivity index (χ1) is 9.41. The molecule has 108 valence electrons. The molecule has 1 aliphatic heterocycles. The van der Waals surface area contributed by atoms with Crippen molar-refractivity contribution in [3.05, 3.63) is 31.8 Å². The minimum atomic E-state index is -0.921. The van der Waals surface area contributed by atoms with Crippen molar-refractivity contribution < 1.29 is 14.7 Å². The molecule has 0 aromatic heterocycles. The number of hydrogen-bond acceptors (Lipinski definition) is 2. The maximum atomic E-state index is 12.7. The summed E-state index contributed by atoms with van der Waals surface area (Å²) in [5.41, 5.74) is 0.556. The molecule has 1 aromatic carbocycles. The Morgan fingerprint density at radius 1 is 1.45 bits per heavy atom. The second-order valence-corrected chi connectivity index (χ2v) is 7.10. The number of piperidine rings is 1. The molecule has 0 saturated carbocycles. The van der Waals surface area contributed by atoms with Gasteiger partial charge >= 0.3 is 5.97 Å². The molecule has 2 rings (SSSR count). The third-order valence-corrected chi connectivity index (χ3v) is 5.04. The van der Waals surface area contributed by atoms with Crippen LogP contribution in [0.15, 0.2) is 22.7 Å². The van der Waals surface area contributed by atoms with Crippen molar-refractivity contribution in [1.29, 1.82) is 0 Å². The lowest BCUT2D eigenvalue weighted by atomic mass is 9.90. The van der Waals surface area contributed by atoms with E-state index in [4.69, 9.17) is 0 Å². The molecular weight excluding hydrogens is 437 g/mol. The van der Waals surface area contributed by atoms with Crippen LogP contribution in [-0.4, -0.2) is 34.5 Å². The van der Waals surface area contributed by atoms with Gasteiger partial charge in [0.05, 0.1) is 5.56 Å². The van der Waals surface area contributed by atoms with Crippen LogP contribution >= 0.6 is 38.5 Å². The van der Waals surface area contributed by atoms with E-state index in [9.17, 15) is 14.7 Å². The fraction of sp³-hybridized carbons (Fsp3) is 0.429. The minimum absolute atomic E-state index is 0.0185. The van der Waals surface area contributed by atoms with E-state index in [0.29, 0.717) is 12.1 Å². The number of carbonyl (C=O) groups is 2. The van der Waals surface area contributed by atoms with Gasteiger partial charge in [-0.25, -0.2) is 4.79 Å². The van der Waals surface area contributed by atoms with Gasteiger partial charge in [0.25, 0.3) is 5.91 Å². The number of carboxylic acids is 1. The Hall–Kier alpha value is -0.630. The third kappa shape index (κ3) is 3.16. The number of likely N-dealkylation sites (tertiary alicyclic amines) is 1. The van der Waals surface area contributed by atoms with Gasteiger partial charge in [0.15, 0.2) is 0 Å². The van der Waals surface area contributed by atoms with Gasteiger partial charge in [-0.3, -0.25) is 4.79 Å². The highest BCUT2D eigenvalue weighted by atomic mass is 127. The average molecular weight is 452 g/mol. The summed E-state index contributed by atoms with van der Waals surface area (Å²) in [4.78, 5) is 25.6. The van der Waals surface area contributed by atoms with Crippen LogP contribution < -0.4 is 0 Å². The van der Waals surface area contributed by atoms with Crippen molar-refractivity contribution in [1.82, 2.24) is 4.90 Å². The number of halogens is 2. The van der Waals surface area contributed by atoms with Gasteiger partial charge in [-0.15, -0.1) is 0 Å². The number of aliphatic carboxylic acids is 1. The normalized spacial score (nSPS) is 22.6. The number of rotatable bonds is 2. The van der Waals surface area contributed by atoms with Gasteiger partial charge in [-0.1, -0.05) is 22.9 Å². The predicted octanol–water partition coefficient (Wildman–Crippen LogP) is 3.38. The Morgan fingerprint density at radius 2 is 2.15 bits per heavy atom. The highest BCUT2D eigenvalue weighted by molar-refractivity contribution is 14.1. The van der Waals surface area contributed by atoms with Crippen molar-refractivity contribution in [3.8, 4) is 0 Å². The van der Waals surface area contributed by atoms with Crippen molar-refractivity contribution in [2.75, 3.05) is 6.54 Å². The summed E-state index contributed by atoms with van der Waals surface area (Å²) >= 11 is 5.46. The van der Waals surface area contributed by atoms with Crippen molar-refractivity contribution in [3.63, 3.8) is 0 Å². The molecule has 1 aliphatic rings. The van der Waals surface area contributed by atoms with E-state index in [1.165, 1.54) is 4.90 Å². The van der Waals surface area contributed by atoms with Gasteiger partial charge in [0, 0.05) is 14.6 Å². The molecule has 4 nitrogen and oxygen atoms in total. The molecule has 1 saturated heterocycles. The summed E-state index contributed by atoms with van der Waals surface area (Å²) in [6.07, 6.45) is 1.69. The van der Waals surface area contributed by atoms with Gasteiger partial charge in [0.2, 0.25) is 0 Å². The Morgan fingerprint density at radius 3 is 2.80 bits per heavy atom. The van der Waals surface area contributed by atoms with Gasteiger partial charge < -0.3 is 10.0 Å².